The summed E-state index contributed by atoms with van der Waals surface area (Å²) in [6, 6.07) is 11.1. The van der Waals surface area contributed by atoms with Gasteiger partial charge in [0, 0.05) is 43.1 Å². The lowest BCUT2D eigenvalue weighted by molar-refractivity contribution is 0.184. The van der Waals surface area contributed by atoms with E-state index in [0.29, 0.717) is 11.7 Å². The fraction of sp³-hybridized carbons (Fsp3) is 0.536. The average Bonchev–Trinajstić information content (AvgIpc) is 3.66. The molecule has 2 aromatic rings. The molecular formula is C28H35FN6O. The van der Waals surface area contributed by atoms with Gasteiger partial charge in [-0.05, 0) is 62.8 Å². The van der Waals surface area contributed by atoms with E-state index >= 15 is 0 Å². The average molecular weight is 491 g/mol. The minimum atomic E-state index is -0.567. The maximum Gasteiger partial charge on any atom is 0.328 e. The monoisotopic (exact) mass is 490 g/mol. The number of nitrogens with zero attached hydrogens (tertiary/aromatic N) is 4. The van der Waals surface area contributed by atoms with Crippen LogP contribution in [-0.4, -0.2) is 52.5 Å². The van der Waals surface area contributed by atoms with E-state index in [4.69, 9.17) is 4.99 Å². The summed E-state index contributed by atoms with van der Waals surface area (Å²) in [5.41, 5.74) is 1.24. The number of pyridine rings is 1. The Labute approximate surface area is 212 Å². The summed E-state index contributed by atoms with van der Waals surface area (Å²) in [5, 5.41) is 6.67. The van der Waals surface area contributed by atoms with E-state index in [1.165, 1.54) is 49.8 Å². The second-order valence-electron chi connectivity index (χ2n) is 10.8. The first kappa shape index (κ1) is 23.4. The molecule has 4 aliphatic rings. The Morgan fingerprint density at radius 3 is 2.64 bits per heavy atom. The Bertz CT molecular complexity index is 1130. The van der Waals surface area contributed by atoms with Crippen LogP contribution in [0.5, 0.6) is 0 Å². The molecular weight excluding hydrogens is 455 g/mol. The molecule has 3 heterocycles. The van der Waals surface area contributed by atoms with Crippen molar-refractivity contribution in [2.75, 3.05) is 23.3 Å². The number of likely N-dealkylation sites (tertiary alicyclic amines) is 1. The second-order valence-corrected chi connectivity index (χ2v) is 10.8. The van der Waals surface area contributed by atoms with Gasteiger partial charge in [0.15, 0.2) is 0 Å². The number of rotatable bonds is 6. The van der Waals surface area contributed by atoms with Gasteiger partial charge in [0.25, 0.3) is 0 Å². The Morgan fingerprint density at radius 1 is 1.08 bits per heavy atom. The quantitative estimate of drug-likeness (QED) is 0.592. The number of amides is 2. The largest absolute Gasteiger partial charge is 0.367 e. The summed E-state index contributed by atoms with van der Waals surface area (Å²) in [5.74, 6) is 1.43. The number of piperidine rings is 1. The molecule has 1 aromatic carbocycles. The number of amidine groups is 1. The van der Waals surface area contributed by atoms with Crippen LogP contribution in [0, 0.1) is 5.82 Å². The molecule has 2 aliphatic carbocycles. The number of aliphatic imine (C=N–C) groups is 1. The fourth-order valence-electron chi connectivity index (χ4n) is 6.00. The van der Waals surface area contributed by atoms with Gasteiger partial charge in [-0.3, -0.25) is 20.1 Å². The summed E-state index contributed by atoms with van der Waals surface area (Å²) in [4.78, 5) is 27.3. The Morgan fingerprint density at radius 2 is 1.89 bits per heavy atom. The van der Waals surface area contributed by atoms with Gasteiger partial charge >= 0.3 is 6.03 Å². The van der Waals surface area contributed by atoms with Crippen molar-refractivity contribution >= 4 is 23.4 Å². The summed E-state index contributed by atoms with van der Waals surface area (Å²) in [6.45, 7) is 2.46. The van der Waals surface area contributed by atoms with E-state index < -0.39 is 5.54 Å². The minimum absolute atomic E-state index is 0.202. The molecule has 0 atom stereocenters. The van der Waals surface area contributed by atoms with Gasteiger partial charge in [-0.15, -0.1) is 0 Å². The van der Waals surface area contributed by atoms with Crippen LogP contribution in [0.15, 0.2) is 47.6 Å². The third-order valence-electron chi connectivity index (χ3n) is 8.14. The molecule has 36 heavy (non-hydrogen) atoms. The third-order valence-corrected chi connectivity index (χ3v) is 8.14. The number of urea groups is 1. The van der Waals surface area contributed by atoms with Crippen molar-refractivity contribution in [2.45, 2.75) is 82.0 Å². The number of hydrogen-bond donors (Lipinski definition) is 2. The first-order valence-electron chi connectivity index (χ1n) is 13.5. The maximum absolute atomic E-state index is 14.2. The number of halogens is 1. The van der Waals surface area contributed by atoms with Crippen LogP contribution >= 0.6 is 0 Å². The molecule has 8 heteroatoms. The molecule has 7 nitrogen and oxygen atoms in total. The first-order valence-corrected chi connectivity index (χ1v) is 13.5. The lowest BCUT2D eigenvalue weighted by atomic mass is 9.84. The molecule has 2 saturated heterocycles. The maximum atomic E-state index is 14.2. The topological polar surface area (TPSA) is 72.9 Å². The molecule has 2 N–H and O–H groups in total. The van der Waals surface area contributed by atoms with E-state index in [0.717, 1.165) is 57.0 Å². The van der Waals surface area contributed by atoms with Crippen LogP contribution in [0.4, 0.5) is 20.7 Å². The predicted molar refractivity (Wildman–Crippen MR) is 140 cm³/mol. The standard InChI is InChI=1S/C28H35FN6O/c29-21-7-4-10-24(18-21)35-27(36)33-26(32-22-8-2-1-3-9-22)28(35)13-16-34(17-14-28)19-20-6-5-15-30-25(20)31-23-11-12-23/h4-7,10,15,18,22-23H,1-3,8-9,11-14,16-17,19H2,(H,30,31)(H,32,33,36). The highest BCUT2D eigenvalue weighted by atomic mass is 19.1. The van der Waals surface area contributed by atoms with Crippen LogP contribution in [0.3, 0.4) is 0 Å². The molecule has 2 saturated carbocycles. The minimum Gasteiger partial charge on any atom is -0.367 e. The molecule has 1 aromatic heterocycles. The van der Waals surface area contributed by atoms with E-state index in [2.05, 4.69) is 26.6 Å². The number of aromatic nitrogens is 1. The smallest absolute Gasteiger partial charge is 0.328 e. The van der Waals surface area contributed by atoms with Gasteiger partial charge in [-0.2, -0.15) is 0 Å². The SMILES string of the molecule is O=C1NC(=NC2CCCCC2)C2(CCN(Cc3cccnc3NC3CC3)CC2)N1c1cccc(F)c1. The summed E-state index contributed by atoms with van der Waals surface area (Å²) < 4.78 is 14.2. The fourth-order valence-corrected chi connectivity index (χ4v) is 6.00. The molecule has 0 radical (unpaired) electrons. The van der Waals surface area contributed by atoms with Crippen LogP contribution in [0.1, 0.15) is 63.4 Å². The van der Waals surface area contributed by atoms with Crippen molar-refractivity contribution in [3.8, 4) is 0 Å². The second kappa shape index (κ2) is 9.81. The van der Waals surface area contributed by atoms with Crippen molar-refractivity contribution in [1.82, 2.24) is 15.2 Å². The molecule has 4 fully saturated rings. The zero-order valence-electron chi connectivity index (χ0n) is 20.8. The highest BCUT2D eigenvalue weighted by Crippen LogP contribution is 2.39. The lowest BCUT2D eigenvalue weighted by Gasteiger charge is -2.44. The number of anilines is 2. The Hall–Kier alpha value is -3.00. The van der Waals surface area contributed by atoms with Gasteiger partial charge in [0.1, 0.15) is 23.0 Å². The summed E-state index contributed by atoms with van der Waals surface area (Å²) in [6.07, 6.45) is 11.5. The van der Waals surface area contributed by atoms with Gasteiger partial charge in [0.2, 0.25) is 0 Å². The third kappa shape index (κ3) is 4.71. The van der Waals surface area contributed by atoms with E-state index in [1.807, 2.05) is 18.3 Å². The summed E-state index contributed by atoms with van der Waals surface area (Å²) in [7, 11) is 0. The van der Waals surface area contributed by atoms with Crippen molar-refractivity contribution in [3.05, 3.63) is 54.0 Å². The molecule has 0 bridgehead atoms. The number of carbonyl (C=O) groups excluding carboxylic acids is 1. The number of nitrogens with one attached hydrogen (secondary N) is 2. The van der Waals surface area contributed by atoms with Crippen LogP contribution in [0.25, 0.3) is 0 Å². The van der Waals surface area contributed by atoms with Gasteiger partial charge < -0.3 is 5.32 Å². The van der Waals surface area contributed by atoms with Gasteiger partial charge in [0.05, 0.1) is 6.04 Å². The lowest BCUT2D eigenvalue weighted by Crippen LogP contribution is -2.57. The molecule has 2 aliphatic heterocycles. The van der Waals surface area contributed by atoms with Crippen molar-refractivity contribution in [2.24, 2.45) is 4.99 Å². The molecule has 0 unspecified atom stereocenters. The summed E-state index contributed by atoms with van der Waals surface area (Å²) >= 11 is 0. The molecule has 1 spiro atoms. The van der Waals surface area contributed by atoms with Crippen LogP contribution < -0.4 is 15.5 Å². The number of benzene rings is 1. The Balaban J connectivity index is 1.26. The Kier molecular flexibility index (Phi) is 6.37. The van der Waals surface area contributed by atoms with Crippen LogP contribution in [-0.2, 0) is 6.54 Å². The first-order chi connectivity index (χ1) is 17.6. The van der Waals surface area contributed by atoms with Gasteiger partial charge in [-0.25, -0.2) is 14.2 Å². The van der Waals surface area contributed by atoms with Gasteiger partial charge in [-0.1, -0.05) is 31.4 Å². The van der Waals surface area contributed by atoms with Crippen molar-refractivity contribution in [1.29, 1.82) is 0 Å². The number of carbonyl (C=O) groups is 1. The van der Waals surface area contributed by atoms with E-state index in [-0.39, 0.29) is 17.9 Å². The van der Waals surface area contributed by atoms with Crippen molar-refractivity contribution in [3.63, 3.8) is 0 Å². The van der Waals surface area contributed by atoms with E-state index in [9.17, 15) is 9.18 Å². The highest BCUT2D eigenvalue weighted by molar-refractivity contribution is 6.19. The van der Waals surface area contributed by atoms with Crippen molar-refractivity contribution < 1.29 is 9.18 Å². The molecule has 6 rings (SSSR count). The zero-order valence-corrected chi connectivity index (χ0v) is 20.8. The van der Waals surface area contributed by atoms with Crippen LogP contribution in [0.2, 0.25) is 0 Å². The predicted octanol–water partition coefficient (Wildman–Crippen LogP) is 5.09. The molecule has 2 amide bonds. The van der Waals surface area contributed by atoms with E-state index in [1.54, 1.807) is 11.0 Å². The molecule has 190 valence electrons. The normalized spacial score (nSPS) is 23.9. The zero-order chi connectivity index (χ0) is 24.5. The highest BCUT2D eigenvalue weighted by Gasteiger charge is 2.53. The number of hydrogen-bond acceptors (Lipinski definition) is 5.